The molecule has 0 aromatic heterocycles. The van der Waals surface area contributed by atoms with Crippen LogP contribution in [0.5, 0.6) is 23.0 Å². The number of para-hydroxylation sites is 1. The van der Waals surface area contributed by atoms with E-state index < -0.39 is 17.4 Å². The molecule has 0 fully saturated rings. The molecule has 0 saturated heterocycles. The minimum Gasteiger partial charge on any atom is -0.457 e. The van der Waals surface area contributed by atoms with Crippen LogP contribution in [0.2, 0.25) is 0 Å². The lowest BCUT2D eigenvalue weighted by Crippen LogP contribution is -1.98. The molecule has 26 heavy (non-hydrogen) atoms. The fraction of sp³-hybridized carbons (Fsp3) is 0.182. The van der Waals surface area contributed by atoms with Crippen LogP contribution >= 0.6 is 0 Å². The van der Waals surface area contributed by atoms with Crippen LogP contribution in [0.1, 0.15) is 31.7 Å². The number of hydrogen-bond donors (Lipinski definition) is 0. The summed E-state index contributed by atoms with van der Waals surface area (Å²) in [5.74, 6) is -0.271. The van der Waals surface area contributed by atoms with Gasteiger partial charge in [0.15, 0.2) is 17.4 Å². The van der Waals surface area contributed by atoms with Gasteiger partial charge in [0.1, 0.15) is 17.2 Å². The number of halogens is 2. The monoisotopic (exact) mass is 354 g/mol. The molecule has 3 aromatic rings. The third kappa shape index (κ3) is 4.20. The SMILES string of the molecule is CCC(C)c1cc(F)c(Oc2cccc(Oc3ccccc3)c2)c(F)c1. The molecular formula is C22H20F2O2. The second-order valence-corrected chi connectivity index (χ2v) is 6.12. The van der Waals surface area contributed by atoms with E-state index in [0.717, 1.165) is 6.42 Å². The van der Waals surface area contributed by atoms with Crippen LogP contribution in [0, 0.1) is 11.6 Å². The van der Waals surface area contributed by atoms with E-state index in [1.807, 2.05) is 44.2 Å². The Bertz CT molecular complexity index is 855. The summed E-state index contributed by atoms with van der Waals surface area (Å²) in [5, 5.41) is 0. The summed E-state index contributed by atoms with van der Waals surface area (Å²) in [6.07, 6.45) is 0.804. The molecule has 0 amide bonds. The van der Waals surface area contributed by atoms with Gasteiger partial charge in [-0.15, -0.1) is 0 Å². The number of ether oxygens (including phenoxy) is 2. The van der Waals surface area contributed by atoms with E-state index in [2.05, 4.69) is 0 Å². The molecule has 134 valence electrons. The first kappa shape index (κ1) is 17.9. The minimum absolute atomic E-state index is 0.0793. The van der Waals surface area contributed by atoms with Crippen molar-refractivity contribution in [3.05, 3.63) is 83.9 Å². The Morgan fingerprint density at radius 2 is 1.35 bits per heavy atom. The average molecular weight is 354 g/mol. The average Bonchev–Trinajstić information content (AvgIpc) is 2.65. The van der Waals surface area contributed by atoms with Gasteiger partial charge in [0.2, 0.25) is 0 Å². The van der Waals surface area contributed by atoms with Gasteiger partial charge in [0.25, 0.3) is 0 Å². The van der Waals surface area contributed by atoms with Crippen molar-refractivity contribution in [3.63, 3.8) is 0 Å². The Balaban J connectivity index is 1.82. The van der Waals surface area contributed by atoms with Crippen LogP contribution in [-0.4, -0.2) is 0 Å². The molecule has 1 unspecified atom stereocenters. The lowest BCUT2D eigenvalue weighted by molar-refractivity contribution is 0.402. The Labute approximate surface area is 152 Å². The second kappa shape index (κ2) is 8.00. The van der Waals surface area contributed by atoms with Crippen LogP contribution in [0.4, 0.5) is 8.78 Å². The van der Waals surface area contributed by atoms with Crippen molar-refractivity contribution in [1.29, 1.82) is 0 Å². The molecule has 0 aliphatic carbocycles. The first-order chi connectivity index (χ1) is 12.6. The minimum atomic E-state index is -0.713. The number of rotatable bonds is 6. The smallest absolute Gasteiger partial charge is 0.198 e. The highest BCUT2D eigenvalue weighted by Crippen LogP contribution is 2.33. The van der Waals surface area contributed by atoms with Crippen molar-refractivity contribution in [3.8, 4) is 23.0 Å². The first-order valence-corrected chi connectivity index (χ1v) is 8.56. The molecule has 0 heterocycles. The third-order valence-corrected chi connectivity index (χ3v) is 4.21. The molecule has 0 bridgehead atoms. The van der Waals surface area contributed by atoms with Gasteiger partial charge in [-0.1, -0.05) is 38.1 Å². The van der Waals surface area contributed by atoms with Crippen LogP contribution < -0.4 is 9.47 Å². The molecule has 1 atom stereocenters. The summed E-state index contributed by atoms with van der Waals surface area (Å²) in [6.45, 7) is 3.91. The molecule has 0 aliphatic rings. The van der Waals surface area contributed by atoms with Crippen LogP contribution in [0.3, 0.4) is 0 Å². The summed E-state index contributed by atoms with van der Waals surface area (Å²) < 4.78 is 39.9. The molecule has 4 heteroatoms. The van der Waals surface area contributed by atoms with Crippen molar-refractivity contribution in [2.75, 3.05) is 0 Å². The Morgan fingerprint density at radius 3 is 1.96 bits per heavy atom. The quantitative estimate of drug-likeness (QED) is 0.471. The van der Waals surface area contributed by atoms with Gasteiger partial charge >= 0.3 is 0 Å². The maximum atomic E-state index is 14.3. The van der Waals surface area contributed by atoms with E-state index in [9.17, 15) is 8.78 Å². The molecule has 0 spiro atoms. The lowest BCUT2D eigenvalue weighted by Gasteiger charge is -2.13. The van der Waals surface area contributed by atoms with Crippen molar-refractivity contribution in [2.24, 2.45) is 0 Å². The molecule has 0 N–H and O–H groups in total. The normalized spacial score (nSPS) is 11.8. The molecule has 3 aromatic carbocycles. The maximum Gasteiger partial charge on any atom is 0.198 e. The fourth-order valence-corrected chi connectivity index (χ4v) is 2.54. The van der Waals surface area contributed by atoms with E-state index in [1.165, 1.54) is 12.1 Å². The molecule has 0 aliphatic heterocycles. The third-order valence-electron chi connectivity index (χ3n) is 4.21. The first-order valence-electron chi connectivity index (χ1n) is 8.56. The Hall–Kier alpha value is -2.88. The highest BCUT2D eigenvalue weighted by molar-refractivity contribution is 5.41. The van der Waals surface area contributed by atoms with Gasteiger partial charge in [0.05, 0.1) is 0 Å². The zero-order chi connectivity index (χ0) is 18.5. The van der Waals surface area contributed by atoms with Gasteiger partial charge in [-0.25, -0.2) is 8.78 Å². The van der Waals surface area contributed by atoms with Gasteiger partial charge in [-0.05, 0) is 54.3 Å². The lowest BCUT2D eigenvalue weighted by atomic mass is 9.98. The number of benzene rings is 3. The number of hydrogen-bond acceptors (Lipinski definition) is 2. The van der Waals surface area contributed by atoms with Crippen LogP contribution in [0.25, 0.3) is 0 Å². The predicted octanol–water partition coefficient (Wildman–Crippen LogP) is 7.06. The summed E-state index contributed by atoms with van der Waals surface area (Å²) in [4.78, 5) is 0. The summed E-state index contributed by atoms with van der Waals surface area (Å²) in [5.41, 5.74) is 0.621. The molecule has 2 nitrogen and oxygen atoms in total. The van der Waals surface area contributed by atoms with E-state index in [-0.39, 0.29) is 5.92 Å². The van der Waals surface area contributed by atoms with E-state index in [1.54, 1.807) is 24.3 Å². The van der Waals surface area contributed by atoms with Crippen LogP contribution in [-0.2, 0) is 0 Å². The van der Waals surface area contributed by atoms with E-state index >= 15 is 0 Å². The van der Waals surface area contributed by atoms with Crippen molar-refractivity contribution in [2.45, 2.75) is 26.2 Å². The zero-order valence-electron chi connectivity index (χ0n) is 14.7. The van der Waals surface area contributed by atoms with Crippen LogP contribution in [0.15, 0.2) is 66.7 Å². The van der Waals surface area contributed by atoms with E-state index in [0.29, 0.717) is 22.8 Å². The predicted molar refractivity (Wildman–Crippen MR) is 98.1 cm³/mol. The molecule has 3 rings (SSSR count). The van der Waals surface area contributed by atoms with Gasteiger partial charge in [-0.2, -0.15) is 0 Å². The summed E-state index contributed by atoms with van der Waals surface area (Å²) in [7, 11) is 0. The highest BCUT2D eigenvalue weighted by Gasteiger charge is 2.16. The fourth-order valence-electron chi connectivity index (χ4n) is 2.54. The topological polar surface area (TPSA) is 18.5 Å². The Kier molecular flexibility index (Phi) is 5.52. The molecular weight excluding hydrogens is 334 g/mol. The highest BCUT2D eigenvalue weighted by atomic mass is 19.1. The van der Waals surface area contributed by atoms with Crippen molar-refractivity contribution < 1.29 is 18.3 Å². The maximum absolute atomic E-state index is 14.3. The van der Waals surface area contributed by atoms with Gasteiger partial charge in [0, 0.05) is 6.07 Å². The standard InChI is InChI=1S/C22H20F2O2/c1-3-15(2)16-12-20(23)22(21(24)13-16)26-19-11-7-10-18(14-19)25-17-8-5-4-6-9-17/h4-15H,3H2,1-2H3. The summed E-state index contributed by atoms with van der Waals surface area (Å²) in [6, 6.07) is 18.6. The molecule has 0 saturated carbocycles. The van der Waals surface area contributed by atoms with Crippen molar-refractivity contribution >= 4 is 0 Å². The van der Waals surface area contributed by atoms with E-state index in [4.69, 9.17) is 9.47 Å². The largest absolute Gasteiger partial charge is 0.457 e. The zero-order valence-corrected chi connectivity index (χ0v) is 14.7. The second-order valence-electron chi connectivity index (χ2n) is 6.12. The van der Waals surface area contributed by atoms with Gasteiger partial charge < -0.3 is 9.47 Å². The Morgan fingerprint density at radius 1 is 0.769 bits per heavy atom. The molecule has 0 radical (unpaired) electrons. The van der Waals surface area contributed by atoms with Gasteiger partial charge in [-0.3, -0.25) is 0 Å². The van der Waals surface area contributed by atoms with Crippen molar-refractivity contribution in [1.82, 2.24) is 0 Å². The summed E-state index contributed by atoms with van der Waals surface area (Å²) >= 11 is 0.